The van der Waals surface area contributed by atoms with Crippen LogP contribution >= 0.6 is 0 Å². The number of ether oxygens (including phenoxy) is 2. The van der Waals surface area contributed by atoms with Crippen LogP contribution in [0.2, 0.25) is 0 Å². The van der Waals surface area contributed by atoms with Gasteiger partial charge in [0, 0.05) is 23.2 Å². The van der Waals surface area contributed by atoms with Crippen molar-refractivity contribution in [3.63, 3.8) is 0 Å². The van der Waals surface area contributed by atoms with Gasteiger partial charge in [0.05, 0.1) is 18.6 Å². The summed E-state index contributed by atoms with van der Waals surface area (Å²) < 4.78 is 53.3. The predicted molar refractivity (Wildman–Crippen MR) is 134 cm³/mol. The van der Waals surface area contributed by atoms with Gasteiger partial charge in [-0.2, -0.15) is 12.8 Å². The molecule has 2 heterocycles. The van der Waals surface area contributed by atoms with E-state index in [1.807, 2.05) is 26.0 Å². The number of carbonyl (C=O) groups is 1. The summed E-state index contributed by atoms with van der Waals surface area (Å²) in [5.41, 5.74) is 6.29. The maximum atomic E-state index is 13.8. The van der Waals surface area contributed by atoms with E-state index in [9.17, 15) is 17.6 Å². The molecule has 37 heavy (non-hydrogen) atoms. The van der Waals surface area contributed by atoms with Crippen molar-refractivity contribution in [1.29, 1.82) is 0 Å². The Hall–Kier alpha value is -3.57. The molecule has 0 radical (unpaired) electrons. The van der Waals surface area contributed by atoms with Gasteiger partial charge in [0.2, 0.25) is 17.7 Å². The van der Waals surface area contributed by atoms with Gasteiger partial charge in [-0.1, -0.05) is 29.8 Å². The summed E-state index contributed by atoms with van der Waals surface area (Å²) in [5.74, 6) is -1.34. The van der Waals surface area contributed by atoms with Crippen molar-refractivity contribution in [1.82, 2.24) is 14.7 Å². The molecule has 0 aliphatic heterocycles. The largest absolute Gasteiger partial charge is 0.493 e. The molecule has 0 bridgehead atoms. The molecular weight excluding hydrogens is 499 g/mol. The van der Waals surface area contributed by atoms with E-state index in [0.717, 1.165) is 17.7 Å². The van der Waals surface area contributed by atoms with Gasteiger partial charge in [-0.25, -0.2) is 14.7 Å². The van der Waals surface area contributed by atoms with E-state index < -0.39 is 38.2 Å². The highest BCUT2D eigenvalue weighted by Crippen LogP contribution is 2.62. The van der Waals surface area contributed by atoms with Crippen molar-refractivity contribution in [2.45, 2.75) is 43.0 Å². The summed E-state index contributed by atoms with van der Waals surface area (Å²) in [4.78, 5) is 21.8. The Labute approximate surface area is 215 Å². The number of nitrogens with one attached hydrogen (secondary N) is 1. The van der Waals surface area contributed by atoms with E-state index in [-0.39, 0.29) is 6.42 Å². The van der Waals surface area contributed by atoms with E-state index in [1.165, 1.54) is 6.07 Å². The van der Waals surface area contributed by atoms with Crippen molar-refractivity contribution < 1.29 is 27.1 Å². The third-order valence-corrected chi connectivity index (χ3v) is 7.41. The molecule has 1 fully saturated rings. The van der Waals surface area contributed by atoms with Crippen LogP contribution in [0.5, 0.6) is 11.6 Å². The molecule has 9 nitrogen and oxygen atoms in total. The highest BCUT2D eigenvalue weighted by molar-refractivity contribution is 7.90. The minimum absolute atomic E-state index is 0.282. The van der Waals surface area contributed by atoms with Gasteiger partial charge in [-0.15, -0.1) is 0 Å². The average molecular weight is 529 g/mol. The standard InChI is InChI=1S/C26H29FN4O5S/c1-3-35-23-9-4-7-20(29-23)19-16-26(19,18-15-17(2)11-12-21(18)36-14-6-13-28)25(32)31-37(33,34)24-10-5-8-22(27)30-24/h4-5,7-12,15,19H,3,6,13-14,16,28H2,1-2H3,(H,31,32)/t19-,26-/m0/s1. The molecule has 0 spiro atoms. The Morgan fingerprint density at radius 3 is 2.68 bits per heavy atom. The molecule has 1 amide bonds. The average Bonchev–Trinajstić information content (AvgIpc) is 3.62. The number of hydrogen-bond donors (Lipinski definition) is 2. The number of nitrogens with zero attached hydrogens (tertiary/aromatic N) is 2. The molecule has 1 aromatic carbocycles. The Morgan fingerprint density at radius 1 is 1.16 bits per heavy atom. The van der Waals surface area contributed by atoms with Gasteiger partial charge in [0.1, 0.15) is 5.75 Å². The fraction of sp³-hybridized carbons (Fsp3) is 0.346. The lowest BCUT2D eigenvalue weighted by molar-refractivity contribution is -0.122. The molecule has 3 N–H and O–H groups in total. The second-order valence-electron chi connectivity index (χ2n) is 8.79. The molecule has 1 aliphatic rings. The molecule has 4 rings (SSSR count). The Morgan fingerprint density at radius 2 is 1.95 bits per heavy atom. The van der Waals surface area contributed by atoms with Gasteiger partial charge in [-0.05, 0) is 57.5 Å². The van der Waals surface area contributed by atoms with Crippen LogP contribution in [0.25, 0.3) is 0 Å². The minimum atomic E-state index is -4.45. The van der Waals surface area contributed by atoms with Crippen LogP contribution in [0.3, 0.4) is 0 Å². The molecule has 2 aromatic heterocycles. The first-order chi connectivity index (χ1) is 17.7. The van der Waals surface area contributed by atoms with Crippen molar-refractivity contribution in [2.75, 3.05) is 19.8 Å². The Balaban J connectivity index is 1.77. The van der Waals surface area contributed by atoms with Crippen LogP contribution in [-0.4, -0.2) is 44.1 Å². The van der Waals surface area contributed by atoms with E-state index in [1.54, 1.807) is 24.3 Å². The lowest BCUT2D eigenvalue weighted by Gasteiger charge is -2.22. The van der Waals surface area contributed by atoms with Crippen LogP contribution < -0.4 is 19.9 Å². The Bertz CT molecular complexity index is 1400. The molecule has 1 aliphatic carbocycles. The first-order valence-corrected chi connectivity index (χ1v) is 13.4. The summed E-state index contributed by atoms with van der Waals surface area (Å²) in [6.45, 7) is 4.90. The highest BCUT2D eigenvalue weighted by Gasteiger charge is 2.64. The van der Waals surface area contributed by atoms with Crippen molar-refractivity contribution in [3.8, 4) is 11.6 Å². The number of rotatable bonds is 11. The van der Waals surface area contributed by atoms with Crippen molar-refractivity contribution >= 4 is 15.9 Å². The number of aromatic nitrogens is 2. The molecule has 3 aromatic rings. The number of hydrogen-bond acceptors (Lipinski definition) is 8. The number of halogens is 1. The SMILES string of the molecule is CCOc1cccc([C@@H]2C[C@]2(C(=O)NS(=O)(=O)c2cccc(F)n2)c2cc(C)ccc2OCCCN)n1. The molecule has 0 saturated heterocycles. The molecule has 0 unspecified atom stereocenters. The summed E-state index contributed by atoms with van der Waals surface area (Å²) in [6.07, 6.45) is 0.887. The molecule has 196 valence electrons. The summed E-state index contributed by atoms with van der Waals surface area (Å²) in [6, 6.07) is 14.0. The Kier molecular flexibility index (Phi) is 7.74. The lowest BCUT2D eigenvalue weighted by Crippen LogP contribution is -2.40. The number of nitrogens with two attached hydrogens (primary N) is 1. The smallest absolute Gasteiger partial charge is 0.281 e. The van der Waals surface area contributed by atoms with Gasteiger partial charge in [0.15, 0.2) is 5.03 Å². The second kappa shape index (κ2) is 10.8. The number of carbonyl (C=O) groups excluding carboxylic acids is 1. The zero-order valence-corrected chi connectivity index (χ0v) is 21.4. The molecule has 2 atom stereocenters. The predicted octanol–water partition coefficient (Wildman–Crippen LogP) is 2.98. The summed E-state index contributed by atoms with van der Waals surface area (Å²) in [7, 11) is -4.45. The quantitative estimate of drug-likeness (QED) is 0.287. The van der Waals surface area contributed by atoms with E-state index in [0.29, 0.717) is 49.1 Å². The summed E-state index contributed by atoms with van der Waals surface area (Å²) >= 11 is 0. The summed E-state index contributed by atoms with van der Waals surface area (Å²) in [5, 5.41) is -0.590. The van der Waals surface area contributed by atoms with E-state index >= 15 is 0 Å². The van der Waals surface area contributed by atoms with Crippen LogP contribution in [0.1, 0.15) is 42.5 Å². The number of sulfonamides is 1. The lowest BCUT2D eigenvalue weighted by atomic mass is 9.89. The number of amides is 1. The van der Waals surface area contributed by atoms with E-state index in [4.69, 9.17) is 15.2 Å². The number of pyridine rings is 2. The van der Waals surface area contributed by atoms with Gasteiger partial charge < -0.3 is 15.2 Å². The van der Waals surface area contributed by atoms with Crippen LogP contribution in [0, 0.1) is 12.9 Å². The topological polar surface area (TPSA) is 134 Å². The molecular formula is C26H29FN4O5S. The number of benzene rings is 1. The van der Waals surface area contributed by atoms with E-state index in [2.05, 4.69) is 14.7 Å². The van der Waals surface area contributed by atoms with Gasteiger partial charge in [0.25, 0.3) is 10.0 Å². The van der Waals surface area contributed by atoms with Gasteiger partial charge in [-0.3, -0.25) is 4.79 Å². The fourth-order valence-electron chi connectivity index (χ4n) is 4.33. The van der Waals surface area contributed by atoms with Gasteiger partial charge >= 0.3 is 0 Å². The normalized spacial score (nSPS) is 18.8. The maximum Gasteiger partial charge on any atom is 0.281 e. The second-order valence-corrected chi connectivity index (χ2v) is 10.4. The highest BCUT2D eigenvalue weighted by atomic mass is 32.2. The van der Waals surface area contributed by atoms with Crippen LogP contribution in [0.15, 0.2) is 59.6 Å². The fourth-order valence-corrected chi connectivity index (χ4v) is 5.33. The number of aryl methyl sites for hydroxylation is 1. The monoisotopic (exact) mass is 528 g/mol. The van der Waals surface area contributed by atoms with Crippen LogP contribution in [0.4, 0.5) is 4.39 Å². The molecule has 1 saturated carbocycles. The van der Waals surface area contributed by atoms with Crippen molar-refractivity contribution in [2.24, 2.45) is 5.73 Å². The zero-order chi connectivity index (χ0) is 26.6. The van der Waals surface area contributed by atoms with Crippen LogP contribution in [-0.2, 0) is 20.2 Å². The zero-order valence-electron chi connectivity index (χ0n) is 20.6. The molecule has 11 heteroatoms. The third kappa shape index (κ3) is 5.57. The maximum absolute atomic E-state index is 13.8. The first kappa shape index (κ1) is 26.5. The van der Waals surface area contributed by atoms with Crippen molar-refractivity contribution in [3.05, 3.63) is 77.4 Å². The minimum Gasteiger partial charge on any atom is -0.493 e. The first-order valence-electron chi connectivity index (χ1n) is 11.9. The third-order valence-electron chi connectivity index (χ3n) is 6.17.